The van der Waals surface area contributed by atoms with Crippen LogP contribution in [0.1, 0.15) is 53.9 Å². The maximum Gasteiger partial charge on any atom is 0.321 e. The molecule has 0 saturated carbocycles. The van der Waals surface area contributed by atoms with Crippen molar-refractivity contribution in [2.75, 3.05) is 7.11 Å². The van der Waals surface area contributed by atoms with Crippen molar-refractivity contribution in [3.05, 3.63) is 104 Å². The van der Waals surface area contributed by atoms with E-state index in [1.165, 1.54) is 7.11 Å². The third kappa shape index (κ3) is 9.40. The number of rotatable bonds is 6. The monoisotopic (exact) mass is 832 g/mol. The molecular formula is C55H36N4O5. The zero-order valence-electron chi connectivity index (χ0n) is 35.9. The van der Waals surface area contributed by atoms with Crippen LogP contribution in [0.25, 0.3) is 0 Å². The van der Waals surface area contributed by atoms with Crippen molar-refractivity contribution in [2.45, 2.75) is 53.9 Å². The largest absolute Gasteiger partial charge is 0.510 e. The summed E-state index contributed by atoms with van der Waals surface area (Å²) in [5.41, 5.74) is 11.2. The van der Waals surface area contributed by atoms with Crippen LogP contribution in [0.4, 0.5) is 0 Å². The minimum absolute atomic E-state index is 0.0259. The molecule has 306 valence electrons. The average Bonchev–Trinajstić information content (AvgIpc) is 4.03. The first-order valence-electron chi connectivity index (χ1n) is 19.9. The van der Waals surface area contributed by atoms with Gasteiger partial charge in [-0.2, -0.15) is 0 Å². The van der Waals surface area contributed by atoms with E-state index in [-0.39, 0.29) is 24.0 Å². The van der Waals surface area contributed by atoms with Gasteiger partial charge in [0.15, 0.2) is 0 Å². The summed E-state index contributed by atoms with van der Waals surface area (Å²) in [4.78, 5) is 41.8. The Hall–Kier alpha value is -9.19. The highest BCUT2D eigenvalue weighted by molar-refractivity contribution is 6.24. The highest BCUT2D eigenvalue weighted by Crippen LogP contribution is 2.49. The number of ether oxygens (including phenoxy) is 2. The first kappa shape index (κ1) is 44.4. The molecule has 2 N–H and O–H groups in total. The number of aliphatic imine (C=N–C) groups is 3. The number of aliphatic hydroxyl groups excluding tert-OH is 1. The van der Waals surface area contributed by atoms with E-state index in [2.05, 4.69) is 138 Å². The molecule has 5 aliphatic heterocycles. The lowest BCUT2D eigenvalue weighted by molar-refractivity contribution is -0.143. The van der Waals surface area contributed by atoms with Gasteiger partial charge in [-0.25, -0.2) is 15.0 Å². The molecule has 0 spiro atoms. The second-order valence-corrected chi connectivity index (χ2v) is 14.3. The molecule has 9 nitrogen and oxygen atoms in total. The highest BCUT2D eigenvalue weighted by Gasteiger charge is 2.49. The maximum atomic E-state index is 13.5. The van der Waals surface area contributed by atoms with E-state index in [0.29, 0.717) is 40.2 Å². The van der Waals surface area contributed by atoms with Gasteiger partial charge in [-0.3, -0.25) is 9.59 Å². The Morgan fingerprint density at radius 1 is 0.812 bits per heavy atom. The number of nitrogens with zero attached hydrogens (tertiary/aromatic N) is 3. The van der Waals surface area contributed by atoms with Gasteiger partial charge in [-0.15, -0.1) is 6.42 Å². The number of carbonyl (C=O) groups excluding carboxylic acids is 2. The van der Waals surface area contributed by atoms with Gasteiger partial charge in [0.05, 0.1) is 41.3 Å². The summed E-state index contributed by atoms with van der Waals surface area (Å²) in [5, 5.41) is 15.4. The number of hydrogen-bond donors (Lipinski definition) is 2. The quantitative estimate of drug-likeness (QED) is 0.244. The van der Waals surface area contributed by atoms with Crippen LogP contribution in [0.5, 0.6) is 0 Å². The Morgan fingerprint density at radius 2 is 1.39 bits per heavy atom. The lowest BCUT2D eigenvalue weighted by atomic mass is 9.84. The summed E-state index contributed by atoms with van der Waals surface area (Å²) in [5.74, 6) is 41.2. The third-order valence-corrected chi connectivity index (χ3v) is 10.8. The van der Waals surface area contributed by atoms with Crippen LogP contribution in [0, 0.1) is 137 Å². The van der Waals surface area contributed by atoms with Crippen molar-refractivity contribution in [2.24, 2.45) is 32.7 Å². The number of fused-ring (bicyclic) bond motifs is 5. The van der Waals surface area contributed by atoms with Crippen LogP contribution >= 0.6 is 0 Å². The van der Waals surface area contributed by atoms with Gasteiger partial charge >= 0.3 is 11.9 Å². The molecule has 0 amide bonds. The maximum absolute atomic E-state index is 13.5. The molecule has 1 aliphatic carbocycles. The standard InChI is InChI=1S/C55H36N4O5/c1-9-12-13-14-15-16-17-18-19-20-21-22-23-24-25-26-27-28-31-64-48(60)30-29-41-37(6)44-32-42-35(4)39(10-2)46(56-42)33-43-36(5)40(11-3)47(57-43)34-45-38(7)49-53(59-45)50(52(41)58-44)51(54(49)61)55(62)63-8/h1,10,32-34,37,41,51,58,61H,2,11,29-30H2,3-8H3. The van der Waals surface area contributed by atoms with Crippen molar-refractivity contribution >= 4 is 29.1 Å². The minimum Gasteiger partial charge on any atom is -0.510 e. The Bertz CT molecular complexity index is 3250. The summed E-state index contributed by atoms with van der Waals surface area (Å²) < 4.78 is 10.4. The van der Waals surface area contributed by atoms with E-state index in [9.17, 15) is 14.7 Å². The number of methoxy groups -OCH3 is 1. The van der Waals surface area contributed by atoms with Crippen LogP contribution in [0.15, 0.2) is 119 Å². The number of carbonyl (C=O) groups is 2. The Labute approximate surface area is 374 Å². The van der Waals surface area contributed by atoms with Gasteiger partial charge in [0, 0.05) is 106 Å². The van der Waals surface area contributed by atoms with E-state index >= 15 is 0 Å². The SMILES string of the molecule is C#CC#CC#CC#CC#CC#CC#CC#CC#CC#COC(=O)CCC1C2=C3C4=NC(=C(C)C4=C(O)C3C(=O)OC)C=C3N=C(C=C4N=C(C=C(N2)C1C)C(C)=C4C=C)C(C)=C3CC. The molecule has 1 fully saturated rings. The van der Waals surface area contributed by atoms with Crippen molar-refractivity contribution in [1.82, 2.24) is 5.32 Å². The molecule has 8 bridgehead atoms. The van der Waals surface area contributed by atoms with E-state index in [1.54, 1.807) is 6.08 Å². The van der Waals surface area contributed by atoms with Gasteiger partial charge in [0.25, 0.3) is 0 Å². The van der Waals surface area contributed by atoms with Crippen molar-refractivity contribution in [3.8, 4) is 119 Å². The fraction of sp³-hybridized carbons (Fsp3) is 0.218. The van der Waals surface area contributed by atoms with Gasteiger partial charge in [0.2, 0.25) is 0 Å². The van der Waals surface area contributed by atoms with Crippen LogP contribution in [-0.2, 0) is 19.1 Å². The van der Waals surface area contributed by atoms with Crippen LogP contribution < -0.4 is 5.32 Å². The molecular weight excluding hydrogens is 797 g/mol. The second-order valence-electron chi connectivity index (χ2n) is 14.3. The van der Waals surface area contributed by atoms with Gasteiger partial charge in [-0.05, 0) is 121 Å². The topological polar surface area (TPSA) is 122 Å². The van der Waals surface area contributed by atoms with E-state index in [4.69, 9.17) is 30.9 Å². The van der Waals surface area contributed by atoms with Gasteiger partial charge < -0.3 is 19.9 Å². The molecule has 6 rings (SSSR count). The number of hydrogen-bond acceptors (Lipinski definition) is 9. The normalized spacial score (nSPS) is 18.9. The van der Waals surface area contributed by atoms with Crippen LogP contribution in [-0.4, -0.2) is 41.3 Å². The summed E-state index contributed by atoms with van der Waals surface area (Å²) in [7, 11) is 1.28. The lowest BCUT2D eigenvalue weighted by Crippen LogP contribution is -2.25. The number of terminal acetylenes is 1. The second kappa shape index (κ2) is 20.4. The first-order chi connectivity index (χ1) is 31.0. The fourth-order valence-electron chi connectivity index (χ4n) is 7.71. The number of esters is 2. The fourth-order valence-corrected chi connectivity index (χ4v) is 7.71. The summed E-state index contributed by atoms with van der Waals surface area (Å²) in [6, 6.07) is 0. The Morgan fingerprint density at radius 3 is 1.97 bits per heavy atom. The Balaban J connectivity index is 1.26. The molecule has 5 heterocycles. The summed E-state index contributed by atoms with van der Waals surface area (Å²) in [6.07, 6.45) is 16.0. The molecule has 0 aromatic rings. The average molecular weight is 833 g/mol. The molecule has 9 heteroatoms. The van der Waals surface area contributed by atoms with Gasteiger partial charge in [-0.1, -0.05) is 26.5 Å². The van der Waals surface area contributed by atoms with E-state index < -0.39 is 17.9 Å². The van der Waals surface area contributed by atoms with Crippen molar-refractivity contribution in [1.29, 1.82) is 0 Å². The van der Waals surface area contributed by atoms with E-state index in [1.807, 2.05) is 39.0 Å². The van der Waals surface area contributed by atoms with Crippen molar-refractivity contribution < 1.29 is 24.2 Å². The number of allylic oxidation sites excluding steroid dienone is 11. The lowest BCUT2D eigenvalue weighted by Gasteiger charge is -2.20. The molecule has 1 saturated heterocycles. The van der Waals surface area contributed by atoms with Crippen molar-refractivity contribution in [3.63, 3.8) is 0 Å². The molecule has 6 aliphatic rings. The number of aliphatic hydroxyl groups is 1. The molecule has 3 unspecified atom stereocenters. The molecule has 64 heavy (non-hydrogen) atoms. The van der Waals surface area contributed by atoms with Gasteiger partial charge in [0.1, 0.15) is 17.8 Å². The zero-order chi connectivity index (χ0) is 45.8. The minimum atomic E-state index is -1.15. The molecule has 0 aromatic carbocycles. The smallest absolute Gasteiger partial charge is 0.321 e. The third-order valence-electron chi connectivity index (χ3n) is 10.8. The predicted molar refractivity (Wildman–Crippen MR) is 247 cm³/mol. The summed E-state index contributed by atoms with van der Waals surface area (Å²) in [6.45, 7) is 14.1. The van der Waals surface area contributed by atoms with Crippen LogP contribution in [0.3, 0.4) is 0 Å². The zero-order valence-corrected chi connectivity index (χ0v) is 35.9. The molecule has 3 atom stereocenters. The highest BCUT2D eigenvalue weighted by atomic mass is 16.5. The Kier molecular flexibility index (Phi) is 14.1. The first-order valence-corrected chi connectivity index (χ1v) is 19.9. The number of nitrogens with one attached hydrogen (secondary N) is 1. The van der Waals surface area contributed by atoms with E-state index in [0.717, 1.165) is 57.2 Å². The summed E-state index contributed by atoms with van der Waals surface area (Å²) >= 11 is 0. The molecule has 0 aromatic heterocycles. The predicted octanol–water partition coefficient (Wildman–Crippen LogP) is 6.19. The van der Waals surface area contributed by atoms with Crippen LogP contribution in [0.2, 0.25) is 0 Å². The molecule has 0 radical (unpaired) electrons.